The van der Waals surface area contributed by atoms with Crippen LogP contribution < -0.4 is 10.2 Å². The summed E-state index contributed by atoms with van der Waals surface area (Å²) in [4.78, 5) is 13.2. The van der Waals surface area contributed by atoms with Crippen LogP contribution in [0.4, 0.5) is 0 Å². The van der Waals surface area contributed by atoms with Crippen LogP contribution >= 0.6 is 11.6 Å². The molecule has 1 unspecified atom stereocenters. The van der Waals surface area contributed by atoms with E-state index in [1.54, 1.807) is 49.6 Å². The van der Waals surface area contributed by atoms with Crippen LogP contribution in [0, 0.1) is 13.8 Å². The van der Waals surface area contributed by atoms with E-state index in [1.165, 1.54) is 6.07 Å². The van der Waals surface area contributed by atoms with Gasteiger partial charge in [0.25, 0.3) is 0 Å². The standard InChI is InChI=1S/C20H17ClO4S/c1-12-8-9-17(15(21)10-12)25-20-16(22)11-13(2)24-19(20)14-6-4-5-7-18(14)26(3)23/h4-11H,1-3H3. The highest BCUT2D eigenvalue weighted by Gasteiger charge is 2.20. The van der Waals surface area contributed by atoms with Gasteiger partial charge in [0.15, 0.2) is 5.76 Å². The molecule has 4 nitrogen and oxygen atoms in total. The van der Waals surface area contributed by atoms with E-state index >= 15 is 0 Å². The van der Waals surface area contributed by atoms with E-state index < -0.39 is 10.8 Å². The van der Waals surface area contributed by atoms with Gasteiger partial charge >= 0.3 is 0 Å². The highest BCUT2D eigenvalue weighted by atomic mass is 35.5. The molecular formula is C20H17ClO4S. The molecule has 0 bridgehead atoms. The van der Waals surface area contributed by atoms with Gasteiger partial charge in [0.1, 0.15) is 11.5 Å². The third-order valence-corrected chi connectivity index (χ3v) is 5.04. The molecule has 0 aliphatic rings. The first-order valence-corrected chi connectivity index (χ1v) is 9.82. The largest absolute Gasteiger partial charge is 0.457 e. The van der Waals surface area contributed by atoms with E-state index in [2.05, 4.69) is 0 Å². The highest BCUT2D eigenvalue weighted by molar-refractivity contribution is 7.84. The molecule has 0 N–H and O–H groups in total. The van der Waals surface area contributed by atoms with Crippen molar-refractivity contribution in [3.63, 3.8) is 0 Å². The lowest BCUT2D eigenvalue weighted by molar-refractivity contribution is 0.438. The number of ether oxygens (including phenoxy) is 1. The normalized spacial score (nSPS) is 12.0. The minimum Gasteiger partial charge on any atom is -0.457 e. The summed E-state index contributed by atoms with van der Waals surface area (Å²) in [6.07, 6.45) is 1.57. The maximum atomic E-state index is 12.6. The van der Waals surface area contributed by atoms with Crippen molar-refractivity contribution < 1.29 is 13.4 Å². The Balaban J connectivity index is 2.21. The molecule has 0 saturated carbocycles. The number of aryl methyl sites for hydroxylation is 2. The zero-order valence-electron chi connectivity index (χ0n) is 14.5. The Morgan fingerprint density at radius 3 is 2.50 bits per heavy atom. The first kappa shape index (κ1) is 18.4. The van der Waals surface area contributed by atoms with Crippen molar-refractivity contribution in [3.05, 3.63) is 75.1 Å². The Morgan fingerprint density at radius 2 is 1.81 bits per heavy atom. The molecule has 3 aromatic rings. The fourth-order valence-electron chi connectivity index (χ4n) is 2.58. The Hall–Kier alpha value is -2.37. The van der Waals surface area contributed by atoms with Crippen LogP contribution in [0.1, 0.15) is 11.3 Å². The molecule has 0 radical (unpaired) electrons. The van der Waals surface area contributed by atoms with E-state index in [0.717, 1.165) is 5.56 Å². The number of hydrogen-bond acceptors (Lipinski definition) is 4. The van der Waals surface area contributed by atoms with Gasteiger partial charge in [-0.2, -0.15) is 0 Å². The summed E-state index contributed by atoms with van der Waals surface area (Å²) in [5, 5.41) is 0.392. The second-order valence-electron chi connectivity index (χ2n) is 5.87. The van der Waals surface area contributed by atoms with Gasteiger partial charge in [-0.05, 0) is 43.7 Å². The maximum Gasteiger partial charge on any atom is 0.228 e. The molecule has 2 aromatic carbocycles. The zero-order chi connectivity index (χ0) is 18.8. The third kappa shape index (κ3) is 3.74. The van der Waals surface area contributed by atoms with Gasteiger partial charge in [-0.15, -0.1) is 0 Å². The maximum absolute atomic E-state index is 12.6. The van der Waals surface area contributed by atoms with Gasteiger partial charge in [0.05, 0.1) is 15.8 Å². The molecule has 6 heteroatoms. The van der Waals surface area contributed by atoms with Crippen molar-refractivity contribution in [3.8, 4) is 22.8 Å². The Kier molecular flexibility index (Phi) is 5.30. The molecule has 1 atom stereocenters. The minimum absolute atomic E-state index is 0.0132. The van der Waals surface area contributed by atoms with Crippen LogP contribution in [-0.4, -0.2) is 10.5 Å². The van der Waals surface area contributed by atoms with E-state index in [0.29, 0.717) is 27.0 Å². The summed E-state index contributed by atoms with van der Waals surface area (Å²) in [6.45, 7) is 3.59. The molecule has 26 heavy (non-hydrogen) atoms. The minimum atomic E-state index is -1.26. The third-order valence-electron chi connectivity index (χ3n) is 3.77. The summed E-state index contributed by atoms with van der Waals surface area (Å²) in [6, 6.07) is 13.7. The highest BCUT2D eigenvalue weighted by Crippen LogP contribution is 2.36. The van der Waals surface area contributed by atoms with Crippen molar-refractivity contribution in [1.82, 2.24) is 0 Å². The van der Waals surface area contributed by atoms with Crippen LogP contribution in [0.25, 0.3) is 11.3 Å². The fourth-order valence-corrected chi connectivity index (χ4v) is 3.59. The summed E-state index contributed by atoms with van der Waals surface area (Å²) in [7, 11) is -1.26. The molecule has 0 saturated heterocycles. The van der Waals surface area contributed by atoms with Crippen LogP contribution in [0.15, 0.2) is 62.6 Å². The zero-order valence-corrected chi connectivity index (χ0v) is 16.1. The summed E-state index contributed by atoms with van der Waals surface area (Å²) in [5.41, 5.74) is 1.19. The fraction of sp³-hybridized carbons (Fsp3) is 0.150. The predicted octanol–water partition coefficient (Wildman–Crippen LogP) is 5.11. The van der Waals surface area contributed by atoms with Gasteiger partial charge in [0.2, 0.25) is 11.2 Å². The number of hydrogen-bond donors (Lipinski definition) is 0. The lowest BCUT2D eigenvalue weighted by Crippen LogP contribution is -2.07. The SMILES string of the molecule is Cc1ccc(Oc2c(-c3ccccc3S(C)=O)oc(C)cc2=O)c(Cl)c1. The molecule has 1 heterocycles. The summed E-state index contributed by atoms with van der Waals surface area (Å²) >= 11 is 6.24. The smallest absolute Gasteiger partial charge is 0.228 e. The molecular weight excluding hydrogens is 372 g/mol. The molecule has 0 aliphatic carbocycles. The molecule has 1 aromatic heterocycles. The van der Waals surface area contributed by atoms with Gasteiger partial charge in [-0.1, -0.05) is 29.8 Å². The topological polar surface area (TPSA) is 56.5 Å². The van der Waals surface area contributed by atoms with Crippen LogP contribution in [0.3, 0.4) is 0 Å². The first-order valence-electron chi connectivity index (χ1n) is 7.88. The average molecular weight is 389 g/mol. The number of benzene rings is 2. The first-order chi connectivity index (χ1) is 12.4. The number of halogens is 1. The summed E-state index contributed by atoms with van der Waals surface area (Å²) < 4.78 is 23.7. The van der Waals surface area contributed by atoms with Crippen molar-refractivity contribution in [2.75, 3.05) is 6.26 Å². The number of rotatable bonds is 4. The van der Waals surface area contributed by atoms with Gasteiger partial charge in [0, 0.05) is 22.8 Å². The molecule has 0 spiro atoms. The molecule has 0 fully saturated rings. The van der Waals surface area contributed by atoms with Crippen LogP contribution in [-0.2, 0) is 10.8 Å². The predicted molar refractivity (Wildman–Crippen MR) is 104 cm³/mol. The summed E-state index contributed by atoms with van der Waals surface area (Å²) in [5.74, 6) is 1.03. The Morgan fingerprint density at radius 1 is 1.08 bits per heavy atom. The van der Waals surface area contributed by atoms with Gasteiger partial charge < -0.3 is 9.15 Å². The Labute approximate surface area is 158 Å². The Bertz CT molecular complexity index is 1060. The molecule has 3 rings (SSSR count). The monoisotopic (exact) mass is 388 g/mol. The lowest BCUT2D eigenvalue weighted by atomic mass is 10.1. The second-order valence-corrected chi connectivity index (χ2v) is 7.62. The van der Waals surface area contributed by atoms with Crippen molar-refractivity contribution in [1.29, 1.82) is 0 Å². The lowest BCUT2D eigenvalue weighted by Gasteiger charge is -2.13. The average Bonchev–Trinajstić information content (AvgIpc) is 2.58. The van der Waals surface area contributed by atoms with Crippen LogP contribution in [0.2, 0.25) is 5.02 Å². The van der Waals surface area contributed by atoms with Crippen molar-refractivity contribution in [2.45, 2.75) is 18.7 Å². The van der Waals surface area contributed by atoms with Crippen molar-refractivity contribution >= 4 is 22.4 Å². The molecule has 134 valence electrons. The van der Waals surface area contributed by atoms with Gasteiger partial charge in [-0.25, -0.2) is 0 Å². The van der Waals surface area contributed by atoms with E-state index in [4.69, 9.17) is 20.8 Å². The van der Waals surface area contributed by atoms with Gasteiger partial charge in [-0.3, -0.25) is 9.00 Å². The van der Waals surface area contributed by atoms with Crippen LogP contribution in [0.5, 0.6) is 11.5 Å². The molecule has 0 aliphatic heterocycles. The second kappa shape index (κ2) is 7.48. The van der Waals surface area contributed by atoms with E-state index in [-0.39, 0.29) is 16.9 Å². The van der Waals surface area contributed by atoms with E-state index in [9.17, 15) is 9.00 Å². The molecule has 0 amide bonds. The quantitative estimate of drug-likeness (QED) is 0.623. The van der Waals surface area contributed by atoms with Crippen molar-refractivity contribution in [2.24, 2.45) is 0 Å². The van der Waals surface area contributed by atoms with E-state index in [1.807, 2.05) is 13.0 Å².